The molecule has 0 aromatic carbocycles. The highest BCUT2D eigenvalue weighted by molar-refractivity contribution is 7.54. The van der Waals surface area contributed by atoms with Crippen LogP contribution in [0.15, 0.2) is 45.6 Å². The van der Waals surface area contributed by atoms with Gasteiger partial charge in [-0.05, 0) is 24.3 Å². The highest BCUT2D eigenvalue weighted by Gasteiger charge is 1.99. The van der Waals surface area contributed by atoms with Crippen LogP contribution in [0.4, 0.5) is 0 Å². The number of rotatable bonds is 2. The van der Waals surface area contributed by atoms with Crippen molar-refractivity contribution in [3.05, 3.63) is 36.8 Å². The normalized spacial score (nSPS) is 9.33. The Morgan fingerprint density at radius 1 is 0.917 bits per heavy atom. The molecule has 2 heterocycles. The van der Waals surface area contributed by atoms with Gasteiger partial charge in [-0.3, -0.25) is 0 Å². The third-order valence-corrected chi connectivity index (χ3v) is 2.35. The molecule has 0 saturated carbocycles. The van der Waals surface area contributed by atoms with Gasteiger partial charge in [-0.15, -0.1) is 0 Å². The minimum Gasteiger partial charge on any atom is -0.465 e. The molecule has 12 heavy (non-hydrogen) atoms. The molecule has 0 bridgehead atoms. The molecule has 0 fully saturated rings. The SMILES string of the molecule is [B].c1coc(Pc2ccco2)c1. The molecule has 2 rings (SSSR count). The topological polar surface area (TPSA) is 26.3 Å². The molecule has 0 amide bonds. The summed E-state index contributed by atoms with van der Waals surface area (Å²) in [5.41, 5.74) is 1.92. The maximum atomic E-state index is 5.16. The molecular weight excluding hydrogens is 170 g/mol. The smallest absolute Gasteiger partial charge is 0.130 e. The molecule has 0 spiro atoms. The Hall–Kier alpha value is -0.945. The van der Waals surface area contributed by atoms with Crippen LogP contribution in [-0.2, 0) is 0 Å². The minimum absolute atomic E-state index is 0. The summed E-state index contributed by atoms with van der Waals surface area (Å²) < 4.78 is 10.3. The van der Waals surface area contributed by atoms with Gasteiger partial charge >= 0.3 is 0 Å². The summed E-state index contributed by atoms with van der Waals surface area (Å²) in [5.74, 6) is 0. The molecule has 0 aliphatic heterocycles. The lowest BCUT2D eigenvalue weighted by Crippen LogP contribution is -1.96. The first-order valence-electron chi connectivity index (χ1n) is 3.29. The van der Waals surface area contributed by atoms with Crippen LogP contribution < -0.4 is 11.0 Å². The summed E-state index contributed by atoms with van der Waals surface area (Å²) in [6.45, 7) is 0. The Morgan fingerprint density at radius 3 is 1.75 bits per heavy atom. The lowest BCUT2D eigenvalue weighted by Gasteiger charge is -1.89. The van der Waals surface area contributed by atoms with Crippen molar-refractivity contribution < 1.29 is 8.83 Å². The van der Waals surface area contributed by atoms with Crippen molar-refractivity contribution in [1.82, 2.24) is 0 Å². The molecule has 0 saturated heterocycles. The molecule has 2 aromatic rings. The van der Waals surface area contributed by atoms with Gasteiger partial charge in [0.1, 0.15) is 11.0 Å². The lowest BCUT2D eigenvalue weighted by molar-refractivity contribution is 0.595. The van der Waals surface area contributed by atoms with Crippen molar-refractivity contribution in [2.24, 2.45) is 0 Å². The predicted molar refractivity (Wildman–Crippen MR) is 50.8 cm³/mol. The molecule has 2 nitrogen and oxygen atoms in total. The van der Waals surface area contributed by atoms with Gasteiger partial charge in [-0.2, -0.15) is 0 Å². The monoisotopic (exact) mass is 177 g/mol. The van der Waals surface area contributed by atoms with E-state index in [0.717, 1.165) is 11.0 Å². The van der Waals surface area contributed by atoms with Gasteiger partial charge in [0.05, 0.1) is 12.5 Å². The van der Waals surface area contributed by atoms with Gasteiger partial charge in [0.25, 0.3) is 0 Å². The van der Waals surface area contributed by atoms with E-state index in [-0.39, 0.29) is 8.41 Å². The first-order valence-corrected chi connectivity index (χ1v) is 4.29. The predicted octanol–water partition coefficient (Wildman–Crippen LogP) is 1.12. The van der Waals surface area contributed by atoms with E-state index in [1.165, 1.54) is 0 Å². The van der Waals surface area contributed by atoms with E-state index in [9.17, 15) is 0 Å². The summed E-state index contributed by atoms with van der Waals surface area (Å²) in [6, 6.07) is 7.65. The van der Waals surface area contributed by atoms with Gasteiger partial charge in [0.15, 0.2) is 0 Å². The average molecular weight is 177 g/mol. The lowest BCUT2D eigenvalue weighted by atomic mass is 10.7. The van der Waals surface area contributed by atoms with E-state index in [4.69, 9.17) is 8.83 Å². The number of furan rings is 2. The Labute approximate surface area is 74.3 Å². The molecule has 2 aromatic heterocycles. The summed E-state index contributed by atoms with van der Waals surface area (Å²) in [6.07, 6.45) is 3.34. The third-order valence-electron chi connectivity index (χ3n) is 1.29. The van der Waals surface area contributed by atoms with E-state index in [1.54, 1.807) is 12.5 Å². The Balaban J connectivity index is 0.000000720. The molecule has 0 N–H and O–H groups in total. The van der Waals surface area contributed by atoms with E-state index in [1.807, 2.05) is 24.3 Å². The highest BCUT2D eigenvalue weighted by Crippen LogP contribution is 2.09. The van der Waals surface area contributed by atoms with Crippen LogP contribution in [0.3, 0.4) is 0 Å². The van der Waals surface area contributed by atoms with Gasteiger partial charge in [0, 0.05) is 17.0 Å². The van der Waals surface area contributed by atoms with E-state index >= 15 is 0 Å². The summed E-state index contributed by atoms with van der Waals surface area (Å²) in [7, 11) is 0.492. The average Bonchev–Trinajstić information content (AvgIpc) is 2.60. The standard InChI is InChI=1S/C8H7O2P.B/c1-3-7(9-5-1)11-8-4-2-6-10-8;/h1-6,11H;. The second-order valence-corrected chi connectivity index (χ2v) is 3.32. The molecule has 0 atom stereocenters. The van der Waals surface area contributed by atoms with Crippen molar-refractivity contribution in [2.45, 2.75) is 0 Å². The quantitative estimate of drug-likeness (QED) is 0.507. The van der Waals surface area contributed by atoms with Crippen molar-refractivity contribution in [1.29, 1.82) is 0 Å². The fraction of sp³-hybridized carbons (Fsp3) is 0. The van der Waals surface area contributed by atoms with E-state index in [2.05, 4.69) is 0 Å². The van der Waals surface area contributed by atoms with Gasteiger partial charge in [-0.25, -0.2) is 0 Å². The molecule has 3 radical (unpaired) electrons. The maximum Gasteiger partial charge on any atom is 0.130 e. The largest absolute Gasteiger partial charge is 0.465 e. The van der Waals surface area contributed by atoms with E-state index < -0.39 is 0 Å². The van der Waals surface area contributed by atoms with Crippen molar-refractivity contribution in [2.75, 3.05) is 0 Å². The van der Waals surface area contributed by atoms with Crippen LogP contribution in [-0.4, -0.2) is 8.41 Å². The Kier molecular flexibility index (Phi) is 3.18. The van der Waals surface area contributed by atoms with Crippen molar-refractivity contribution >= 4 is 28.0 Å². The fourth-order valence-corrected chi connectivity index (χ4v) is 1.68. The van der Waals surface area contributed by atoms with Crippen LogP contribution in [0.1, 0.15) is 0 Å². The Morgan fingerprint density at radius 2 is 1.42 bits per heavy atom. The van der Waals surface area contributed by atoms with Crippen LogP contribution in [0.25, 0.3) is 0 Å². The zero-order chi connectivity index (χ0) is 7.52. The zero-order valence-electron chi connectivity index (χ0n) is 6.36. The van der Waals surface area contributed by atoms with Crippen molar-refractivity contribution in [3.8, 4) is 0 Å². The fourth-order valence-electron chi connectivity index (χ4n) is 0.821. The summed E-state index contributed by atoms with van der Waals surface area (Å²) >= 11 is 0. The summed E-state index contributed by atoms with van der Waals surface area (Å²) in [4.78, 5) is 0. The van der Waals surface area contributed by atoms with Crippen LogP contribution >= 0.6 is 8.58 Å². The molecule has 59 valence electrons. The third kappa shape index (κ3) is 2.02. The molecule has 0 unspecified atom stereocenters. The Bertz CT molecular complexity index is 269. The molecule has 0 aliphatic carbocycles. The van der Waals surface area contributed by atoms with Gasteiger partial charge in [-0.1, -0.05) is 0 Å². The van der Waals surface area contributed by atoms with Crippen LogP contribution in [0.2, 0.25) is 0 Å². The van der Waals surface area contributed by atoms with E-state index in [0.29, 0.717) is 8.58 Å². The molecular formula is C8H7BO2P. The van der Waals surface area contributed by atoms with Crippen LogP contribution in [0.5, 0.6) is 0 Å². The first kappa shape index (κ1) is 9.15. The summed E-state index contributed by atoms with van der Waals surface area (Å²) in [5, 5.41) is 0. The highest BCUT2D eigenvalue weighted by atomic mass is 31.1. The minimum atomic E-state index is 0. The van der Waals surface area contributed by atoms with Gasteiger partial charge in [0.2, 0.25) is 0 Å². The number of hydrogen-bond donors (Lipinski definition) is 0. The van der Waals surface area contributed by atoms with Crippen molar-refractivity contribution in [3.63, 3.8) is 0 Å². The first-order chi connectivity index (χ1) is 5.45. The molecule has 4 heteroatoms. The maximum absolute atomic E-state index is 5.16. The number of hydrogen-bond acceptors (Lipinski definition) is 2. The van der Waals surface area contributed by atoms with Crippen LogP contribution in [0, 0.1) is 0 Å². The second kappa shape index (κ2) is 4.17. The zero-order valence-corrected chi connectivity index (χ0v) is 7.36. The van der Waals surface area contributed by atoms with Gasteiger partial charge < -0.3 is 8.83 Å². The second-order valence-electron chi connectivity index (χ2n) is 2.08. The molecule has 0 aliphatic rings.